The third-order valence-electron chi connectivity index (χ3n) is 2.41. The number of anilines is 1. The molecule has 0 radical (unpaired) electrons. The average Bonchev–Trinajstić information content (AvgIpc) is 2.30. The molecule has 1 unspecified atom stereocenters. The monoisotopic (exact) mass is 297 g/mol. The van der Waals surface area contributed by atoms with Gasteiger partial charge in [0.05, 0.1) is 5.69 Å². The molecule has 7 nitrogen and oxygen atoms in total. The van der Waals surface area contributed by atoms with Gasteiger partial charge in [0, 0.05) is 6.42 Å². The zero-order valence-corrected chi connectivity index (χ0v) is 12.1. The topological polar surface area (TPSA) is 116 Å². The first-order chi connectivity index (χ1) is 9.58. The molecule has 116 valence electrons. The maximum Gasteiger partial charge on any atom is 0.412 e. The number of carboxylic acids is 1. The third-order valence-corrected chi connectivity index (χ3v) is 2.41. The summed E-state index contributed by atoms with van der Waals surface area (Å²) in [6.07, 6.45) is -2.43. The molecule has 0 aromatic heterocycles. The van der Waals surface area contributed by atoms with Crippen LogP contribution in [-0.4, -0.2) is 39.1 Å². The highest BCUT2D eigenvalue weighted by Gasteiger charge is 2.18. The van der Waals surface area contributed by atoms with E-state index < -0.39 is 23.8 Å². The molecule has 1 atom stereocenters. The Morgan fingerprint density at radius 1 is 1.33 bits per heavy atom. The predicted octanol–water partition coefficient (Wildman–Crippen LogP) is 1.73. The van der Waals surface area contributed by atoms with Crippen LogP contribution in [0.2, 0.25) is 0 Å². The molecule has 4 N–H and O–H groups in total. The van der Waals surface area contributed by atoms with Crippen LogP contribution in [0.3, 0.4) is 0 Å². The molecule has 1 rings (SSSR count). The Labute approximate surface area is 122 Å². The lowest BCUT2D eigenvalue weighted by Gasteiger charge is -2.20. The van der Waals surface area contributed by atoms with E-state index in [0.29, 0.717) is 5.56 Å². The van der Waals surface area contributed by atoms with Crippen molar-refractivity contribution in [2.45, 2.75) is 38.9 Å². The van der Waals surface area contributed by atoms with Crippen LogP contribution >= 0.6 is 0 Å². The molecule has 7 heteroatoms. The number of carbonyl (C=O) groups is 2. The summed E-state index contributed by atoms with van der Waals surface area (Å²) >= 11 is 0. The minimum atomic E-state index is -1.55. The van der Waals surface area contributed by atoms with Crippen molar-refractivity contribution in [3.05, 3.63) is 23.8 Å². The van der Waals surface area contributed by atoms with E-state index in [9.17, 15) is 19.8 Å². The fourth-order valence-corrected chi connectivity index (χ4v) is 1.53. The lowest BCUT2D eigenvalue weighted by Crippen LogP contribution is -2.27. The van der Waals surface area contributed by atoms with Gasteiger partial charge in [0.25, 0.3) is 0 Å². The first kappa shape index (κ1) is 16.8. The summed E-state index contributed by atoms with van der Waals surface area (Å²) in [5.74, 6) is -1.53. The molecule has 21 heavy (non-hydrogen) atoms. The van der Waals surface area contributed by atoms with Gasteiger partial charge in [-0.1, -0.05) is 6.07 Å². The molecule has 0 spiro atoms. The Balaban J connectivity index is 2.83. The first-order valence-electron chi connectivity index (χ1n) is 6.31. The summed E-state index contributed by atoms with van der Waals surface area (Å²) in [5, 5.41) is 30.0. The number of aliphatic carboxylic acids is 1. The lowest BCUT2D eigenvalue weighted by atomic mass is 10.1. The van der Waals surface area contributed by atoms with Crippen LogP contribution in [-0.2, 0) is 16.0 Å². The Morgan fingerprint density at radius 2 is 1.95 bits per heavy atom. The minimum absolute atomic E-state index is 0.0827. The smallest absolute Gasteiger partial charge is 0.412 e. The zero-order chi connectivity index (χ0) is 16.2. The minimum Gasteiger partial charge on any atom is -0.506 e. The SMILES string of the molecule is CC(C)(C)OC(=O)Nc1cc(CC(O)C(=O)O)ccc1O. The Morgan fingerprint density at radius 3 is 2.48 bits per heavy atom. The second-order valence-electron chi connectivity index (χ2n) is 5.54. The first-order valence-corrected chi connectivity index (χ1v) is 6.31. The van der Waals surface area contributed by atoms with E-state index in [1.807, 2.05) is 0 Å². The lowest BCUT2D eigenvalue weighted by molar-refractivity contribution is -0.146. The van der Waals surface area contributed by atoms with E-state index in [4.69, 9.17) is 9.84 Å². The number of amides is 1. The third kappa shape index (κ3) is 5.70. The van der Waals surface area contributed by atoms with Crippen molar-refractivity contribution in [3.63, 3.8) is 0 Å². The largest absolute Gasteiger partial charge is 0.506 e. The summed E-state index contributed by atoms with van der Waals surface area (Å²) in [5.41, 5.74) is -0.148. The number of aromatic hydroxyl groups is 1. The van der Waals surface area contributed by atoms with Crippen LogP contribution in [0.4, 0.5) is 10.5 Å². The van der Waals surface area contributed by atoms with E-state index in [-0.39, 0.29) is 17.9 Å². The van der Waals surface area contributed by atoms with Gasteiger partial charge in [-0.25, -0.2) is 9.59 Å². The van der Waals surface area contributed by atoms with Crippen molar-refractivity contribution in [1.82, 2.24) is 0 Å². The number of benzene rings is 1. The van der Waals surface area contributed by atoms with Gasteiger partial charge < -0.3 is 20.1 Å². The van der Waals surface area contributed by atoms with Crippen LogP contribution < -0.4 is 5.32 Å². The number of rotatable bonds is 4. The number of phenolic OH excluding ortho intramolecular Hbond substituents is 1. The molecule has 1 aromatic carbocycles. The Kier molecular flexibility index (Phi) is 5.15. The second kappa shape index (κ2) is 6.45. The molecule has 1 amide bonds. The molecule has 0 fully saturated rings. The number of aliphatic hydroxyl groups is 1. The van der Waals surface area contributed by atoms with Gasteiger partial charge in [-0.05, 0) is 38.5 Å². The van der Waals surface area contributed by atoms with Crippen LogP contribution in [0.1, 0.15) is 26.3 Å². The number of hydrogen-bond acceptors (Lipinski definition) is 5. The van der Waals surface area contributed by atoms with Crippen molar-refractivity contribution in [1.29, 1.82) is 0 Å². The average molecular weight is 297 g/mol. The molecule has 0 heterocycles. The highest BCUT2D eigenvalue weighted by molar-refractivity contribution is 5.87. The van der Waals surface area contributed by atoms with Crippen molar-refractivity contribution >= 4 is 17.7 Å². The standard InChI is InChI=1S/C14H19NO6/c1-14(2,3)21-13(20)15-9-6-8(4-5-10(9)16)7-11(17)12(18)19/h4-6,11,16-17H,7H2,1-3H3,(H,15,20)(H,18,19). The van der Waals surface area contributed by atoms with Crippen molar-refractivity contribution < 1.29 is 29.6 Å². The van der Waals surface area contributed by atoms with E-state index in [1.54, 1.807) is 20.8 Å². The fraction of sp³-hybridized carbons (Fsp3) is 0.429. The Bertz CT molecular complexity index is 535. The van der Waals surface area contributed by atoms with Gasteiger partial charge in [-0.2, -0.15) is 0 Å². The molecular formula is C14H19NO6. The highest BCUT2D eigenvalue weighted by atomic mass is 16.6. The van der Waals surface area contributed by atoms with E-state index in [1.165, 1.54) is 18.2 Å². The van der Waals surface area contributed by atoms with Crippen LogP contribution in [0.25, 0.3) is 0 Å². The highest BCUT2D eigenvalue weighted by Crippen LogP contribution is 2.25. The summed E-state index contributed by atoms with van der Waals surface area (Å²) in [7, 11) is 0. The van der Waals surface area contributed by atoms with Gasteiger partial charge in [-0.15, -0.1) is 0 Å². The molecular weight excluding hydrogens is 278 g/mol. The maximum atomic E-state index is 11.6. The van der Waals surface area contributed by atoms with Gasteiger partial charge in [0.1, 0.15) is 11.4 Å². The number of ether oxygens (including phenoxy) is 1. The van der Waals surface area contributed by atoms with E-state index >= 15 is 0 Å². The maximum absolute atomic E-state index is 11.6. The number of carbonyl (C=O) groups excluding carboxylic acids is 1. The van der Waals surface area contributed by atoms with E-state index in [0.717, 1.165) is 0 Å². The number of carboxylic acid groups (broad SMARTS) is 1. The van der Waals surface area contributed by atoms with Gasteiger partial charge in [-0.3, -0.25) is 5.32 Å². The second-order valence-corrected chi connectivity index (χ2v) is 5.54. The van der Waals surface area contributed by atoms with Gasteiger partial charge >= 0.3 is 12.1 Å². The summed E-state index contributed by atoms with van der Waals surface area (Å²) in [6.45, 7) is 5.10. The van der Waals surface area contributed by atoms with Crippen molar-refractivity contribution in [2.24, 2.45) is 0 Å². The molecule has 0 aliphatic rings. The molecule has 0 aliphatic carbocycles. The summed E-state index contributed by atoms with van der Waals surface area (Å²) < 4.78 is 5.05. The number of aliphatic hydroxyl groups excluding tert-OH is 1. The van der Waals surface area contributed by atoms with Crippen molar-refractivity contribution in [3.8, 4) is 5.75 Å². The zero-order valence-electron chi connectivity index (χ0n) is 12.1. The predicted molar refractivity (Wildman–Crippen MR) is 75.3 cm³/mol. The summed E-state index contributed by atoms with van der Waals surface area (Å²) in [6, 6.07) is 4.14. The molecule has 0 aliphatic heterocycles. The summed E-state index contributed by atoms with van der Waals surface area (Å²) in [4.78, 5) is 22.2. The number of nitrogens with one attached hydrogen (secondary N) is 1. The van der Waals surface area contributed by atoms with Crippen LogP contribution in [0.15, 0.2) is 18.2 Å². The van der Waals surface area contributed by atoms with Crippen molar-refractivity contribution in [2.75, 3.05) is 5.32 Å². The van der Waals surface area contributed by atoms with Crippen LogP contribution in [0, 0.1) is 0 Å². The van der Waals surface area contributed by atoms with Gasteiger partial charge in [0.15, 0.2) is 6.10 Å². The molecule has 0 bridgehead atoms. The molecule has 1 aromatic rings. The normalized spacial score (nSPS) is 12.6. The Hall–Kier alpha value is -2.28. The molecule has 0 saturated heterocycles. The number of phenols is 1. The fourth-order valence-electron chi connectivity index (χ4n) is 1.53. The van der Waals surface area contributed by atoms with Crippen LogP contribution in [0.5, 0.6) is 5.75 Å². The quantitative estimate of drug-likeness (QED) is 0.629. The number of hydrogen-bond donors (Lipinski definition) is 4. The molecule has 0 saturated carbocycles. The van der Waals surface area contributed by atoms with E-state index in [2.05, 4.69) is 5.32 Å². The van der Waals surface area contributed by atoms with Gasteiger partial charge in [0.2, 0.25) is 0 Å².